The zero-order chi connectivity index (χ0) is 9.64. The van der Waals surface area contributed by atoms with Gasteiger partial charge in [-0.3, -0.25) is 4.79 Å². The lowest BCUT2D eigenvalue weighted by molar-refractivity contribution is -0.139. The summed E-state index contributed by atoms with van der Waals surface area (Å²) < 4.78 is 0. The second kappa shape index (κ2) is 2.34. The van der Waals surface area contributed by atoms with Crippen molar-refractivity contribution in [2.24, 2.45) is 11.3 Å². The first-order chi connectivity index (χ1) is 6.05. The van der Waals surface area contributed by atoms with Gasteiger partial charge in [0.1, 0.15) is 0 Å². The van der Waals surface area contributed by atoms with Crippen molar-refractivity contribution in [3.05, 3.63) is 18.2 Å². The first kappa shape index (κ1) is 8.29. The van der Waals surface area contributed by atoms with E-state index in [9.17, 15) is 4.79 Å². The van der Waals surface area contributed by atoms with E-state index in [0.29, 0.717) is 0 Å². The Balaban J connectivity index is 2.25. The Kier molecular flexibility index (Phi) is 1.49. The second-order valence-corrected chi connectivity index (χ2v) is 4.12. The van der Waals surface area contributed by atoms with Gasteiger partial charge in [0.05, 0.1) is 12.2 Å². The van der Waals surface area contributed by atoms with Gasteiger partial charge in [0.15, 0.2) is 0 Å². The molecule has 1 aromatic rings. The van der Waals surface area contributed by atoms with E-state index < -0.39 is 5.97 Å². The quantitative estimate of drug-likeness (QED) is 0.719. The Labute approximate surface area is 76.0 Å². The molecule has 0 radical (unpaired) electrons. The minimum atomic E-state index is -0.718. The van der Waals surface area contributed by atoms with Gasteiger partial charge >= 0.3 is 5.97 Å². The highest BCUT2D eigenvalue weighted by Crippen LogP contribution is 2.63. The second-order valence-electron chi connectivity index (χ2n) is 4.12. The SMILES string of the molecule is CC1(C)[C@H](c2cnc[nH]2)[C@@H]1C(=O)O. The van der Waals surface area contributed by atoms with Crippen LogP contribution < -0.4 is 0 Å². The van der Waals surface area contributed by atoms with Crippen LogP contribution in [0.5, 0.6) is 0 Å². The molecule has 0 unspecified atom stereocenters. The molecule has 2 N–H and O–H groups in total. The number of aliphatic carboxylic acids is 1. The number of nitrogens with zero attached hydrogens (tertiary/aromatic N) is 1. The number of imidazole rings is 1. The Hall–Kier alpha value is -1.32. The Bertz CT molecular complexity index is 329. The molecule has 0 saturated heterocycles. The molecule has 0 aromatic carbocycles. The van der Waals surface area contributed by atoms with Crippen LogP contribution in [0.4, 0.5) is 0 Å². The van der Waals surface area contributed by atoms with Crippen LogP contribution in [0.2, 0.25) is 0 Å². The molecule has 0 spiro atoms. The van der Waals surface area contributed by atoms with Crippen LogP contribution in [0.1, 0.15) is 25.5 Å². The summed E-state index contributed by atoms with van der Waals surface area (Å²) in [6.45, 7) is 3.94. The maximum absolute atomic E-state index is 10.8. The molecule has 1 aromatic heterocycles. The predicted molar refractivity (Wildman–Crippen MR) is 46.2 cm³/mol. The summed E-state index contributed by atoms with van der Waals surface area (Å²) in [5.41, 5.74) is 0.788. The molecule has 2 rings (SSSR count). The third-order valence-corrected chi connectivity index (χ3v) is 2.95. The number of rotatable bonds is 2. The van der Waals surface area contributed by atoms with Crippen LogP contribution in [0, 0.1) is 11.3 Å². The fourth-order valence-electron chi connectivity index (χ4n) is 2.12. The molecule has 4 heteroatoms. The minimum Gasteiger partial charge on any atom is -0.481 e. The van der Waals surface area contributed by atoms with Gasteiger partial charge in [-0.2, -0.15) is 0 Å². The third-order valence-electron chi connectivity index (χ3n) is 2.95. The average Bonchev–Trinajstić information content (AvgIpc) is 2.50. The standard InChI is InChI=1S/C9H12N2O2/c1-9(2)6(7(9)8(12)13)5-3-10-4-11-5/h3-4,6-7H,1-2H3,(H,10,11)(H,12,13)/t6-,7-/m1/s1. The van der Waals surface area contributed by atoms with Crippen molar-refractivity contribution in [2.75, 3.05) is 0 Å². The van der Waals surface area contributed by atoms with Gasteiger partial charge < -0.3 is 10.1 Å². The van der Waals surface area contributed by atoms with Crippen molar-refractivity contribution in [2.45, 2.75) is 19.8 Å². The molecule has 70 valence electrons. The number of nitrogens with one attached hydrogen (secondary N) is 1. The monoisotopic (exact) mass is 180 g/mol. The van der Waals surface area contributed by atoms with E-state index in [1.165, 1.54) is 0 Å². The summed E-state index contributed by atoms with van der Waals surface area (Å²) in [7, 11) is 0. The molecular formula is C9H12N2O2. The maximum Gasteiger partial charge on any atom is 0.307 e. The van der Waals surface area contributed by atoms with Crippen molar-refractivity contribution >= 4 is 5.97 Å². The number of carboxylic acid groups (broad SMARTS) is 1. The van der Waals surface area contributed by atoms with Crippen molar-refractivity contribution < 1.29 is 9.90 Å². The van der Waals surface area contributed by atoms with Crippen LogP contribution in [0.3, 0.4) is 0 Å². The topological polar surface area (TPSA) is 66.0 Å². The van der Waals surface area contributed by atoms with E-state index in [1.54, 1.807) is 12.5 Å². The average molecular weight is 180 g/mol. The van der Waals surface area contributed by atoms with Gasteiger partial charge in [-0.05, 0) is 5.41 Å². The summed E-state index contributed by atoms with van der Waals surface area (Å²) >= 11 is 0. The highest BCUT2D eigenvalue weighted by Gasteiger charge is 2.63. The molecular weight excluding hydrogens is 168 g/mol. The zero-order valence-corrected chi connectivity index (χ0v) is 7.61. The molecule has 13 heavy (non-hydrogen) atoms. The molecule has 1 heterocycles. The van der Waals surface area contributed by atoms with E-state index in [0.717, 1.165) is 5.69 Å². The number of H-pyrrole nitrogens is 1. The predicted octanol–water partition coefficient (Wildman–Crippen LogP) is 1.23. The van der Waals surface area contributed by atoms with Crippen molar-refractivity contribution in [1.82, 2.24) is 9.97 Å². The van der Waals surface area contributed by atoms with Crippen molar-refractivity contribution in [3.63, 3.8) is 0 Å². The first-order valence-electron chi connectivity index (χ1n) is 4.26. The van der Waals surface area contributed by atoms with Crippen molar-refractivity contribution in [1.29, 1.82) is 0 Å². The summed E-state index contributed by atoms with van der Waals surface area (Å²) in [6.07, 6.45) is 3.29. The van der Waals surface area contributed by atoms with Crippen LogP contribution in [0.25, 0.3) is 0 Å². The van der Waals surface area contributed by atoms with Gasteiger partial charge in [-0.1, -0.05) is 13.8 Å². The number of aromatic nitrogens is 2. The number of carbonyl (C=O) groups is 1. The van der Waals surface area contributed by atoms with Crippen LogP contribution in [0.15, 0.2) is 12.5 Å². The van der Waals surface area contributed by atoms with Gasteiger partial charge in [0, 0.05) is 17.8 Å². The Morgan fingerprint density at radius 3 is 2.77 bits per heavy atom. The lowest BCUT2D eigenvalue weighted by Gasteiger charge is -1.97. The van der Waals surface area contributed by atoms with E-state index in [-0.39, 0.29) is 17.3 Å². The first-order valence-corrected chi connectivity index (χ1v) is 4.26. The van der Waals surface area contributed by atoms with Gasteiger partial charge in [-0.25, -0.2) is 4.98 Å². The van der Waals surface area contributed by atoms with Crippen LogP contribution >= 0.6 is 0 Å². The highest BCUT2D eigenvalue weighted by molar-refractivity contribution is 5.77. The third kappa shape index (κ3) is 1.05. The largest absolute Gasteiger partial charge is 0.481 e. The van der Waals surface area contributed by atoms with Gasteiger partial charge in [0.2, 0.25) is 0 Å². The fraction of sp³-hybridized carbons (Fsp3) is 0.556. The summed E-state index contributed by atoms with van der Waals surface area (Å²) in [6, 6.07) is 0. The molecule has 1 saturated carbocycles. The molecule has 4 nitrogen and oxygen atoms in total. The normalized spacial score (nSPS) is 30.0. The molecule has 1 aliphatic carbocycles. The van der Waals surface area contributed by atoms with E-state index in [1.807, 2.05) is 13.8 Å². The smallest absolute Gasteiger partial charge is 0.307 e. The highest BCUT2D eigenvalue weighted by atomic mass is 16.4. The van der Waals surface area contributed by atoms with Crippen LogP contribution in [-0.2, 0) is 4.79 Å². The van der Waals surface area contributed by atoms with Gasteiger partial charge in [-0.15, -0.1) is 0 Å². The number of hydrogen-bond donors (Lipinski definition) is 2. The maximum atomic E-state index is 10.8. The minimum absolute atomic E-state index is 0.0903. The number of carboxylic acids is 1. The Morgan fingerprint density at radius 2 is 2.38 bits per heavy atom. The molecule has 0 aliphatic heterocycles. The fourth-order valence-corrected chi connectivity index (χ4v) is 2.12. The molecule has 0 bridgehead atoms. The summed E-state index contributed by atoms with van der Waals surface area (Å²) in [5, 5.41) is 8.92. The molecule has 1 fully saturated rings. The lowest BCUT2D eigenvalue weighted by atomic mass is 10.1. The van der Waals surface area contributed by atoms with Gasteiger partial charge in [0.25, 0.3) is 0 Å². The lowest BCUT2D eigenvalue weighted by Crippen LogP contribution is -2.03. The zero-order valence-electron chi connectivity index (χ0n) is 7.61. The van der Waals surface area contributed by atoms with E-state index >= 15 is 0 Å². The van der Waals surface area contributed by atoms with Crippen molar-refractivity contribution in [3.8, 4) is 0 Å². The molecule has 0 amide bonds. The summed E-state index contributed by atoms with van der Waals surface area (Å²) in [4.78, 5) is 17.7. The summed E-state index contributed by atoms with van der Waals surface area (Å²) in [5.74, 6) is -0.898. The van der Waals surface area contributed by atoms with Crippen LogP contribution in [-0.4, -0.2) is 21.0 Å². The Morgan fingerprint density at radius 1 is 1.69 bits per heavy atom. The molecule has 2 atom stereocenters. The number of aromatic amines is 1. The molecule has 1 aliphatic rings. The van der Waals surface area contributed by atoms with E-state index in [2.05, 4.69) is 9.97 Å². The van der Waals surface area contributed by atoms with E-state index in [4.69, 9.17) is 5.11 Å². The number of hydrogen-bond acceptors (Lipinski definition) is 2.